The highest BCUT2D eigenvalue weighted by atomic mass is 16.1. The van der Waals surface area contributed by atoms with Crippen LogP contribution in [0, 0.1) is 11.8 Å². The van der Waals surface area contributed by atoms with Gasteiger partial charge in [-0.1, -0.05) is 0 Å². The minimum absolute atomic E-state index is 0.225. The molecule has 0 saturated heterocycles. The van der Waals surface area contributed by atoms with Gasteiger partial charge in [0, 0.05) is 6.42 Å². The van der Waals surface area contributed by atoms with Crippen LogP contribution in [0.5, 0.6) is 0 Å². The molecule has 0 heterocycles. The first kappa shape index (κ1) is 8.19. The van der Waals surface area contributed by atoms with Crippen molar-refractivity contribution in [3.05, 3.63) is 0 Å². The van der Waals surface area contributed by atoms with Gasteiger partial charge in [-0.3, -0.25) is 4.79 Å². The number of carbonyl (C=O) groups excluding carboxylic acids is 1. The molecule has 2 nitrogen and oxygen atoms in total. The van der Waals surface area contributed by atoms with Gasteiger partial charge in [0.25, 0.3) is 0 Å². The molecule has 9 heavy (non-hydrogen) atoms. The molecule has 1 radical (unpaired) electrons. The van der Waals surface area contributed by atoms with E-state index in [1.807, 2.05) is 6.29 Å². The number of hydrogen-bond donors (Lipinski definition) is 1. The van der Waals surface area contributed by atoms with Gasteiger partial charge in [-0.25, -0.2) is 0 Å². The van der Waals surface area contributed by atoms with E-state index in [2.05, 4.69) is 17.2 Å². The Kier molecular flexibility index (Phi) is 4.85. The summed E-state index contributed by atoms with van der Waals surface area (Å²) in [7, 11) is 1.72. The Bertz CT molecular complexity index is 132. The summed E-state index contributed by atoms with van der Waals surface area (Å²) in [5.74, 6) is 5.47. The van der Waals surface area contributed by atoms with Crippen LogP contribution < -0.4 is 5.32 Å². The lowest BCUT2D eigenvalue weighted by atomic mass is 10.2. The maximum atomic E-state index is 9.99. The molecule has 0 rings (SSSR count). The first-order valence-corrected chi connectivity index (χ1v) is 2.79. The topological polar surface area (TPSA) is 29.1 Å². The van der Waals surface area contributed by atoms with E-state index in [1.54, 1.807) is 14.0 Å². The molecule has 49 valence electrons. The summed E-state index contributed by atoms with van der Waals surface area (Å²) in [5, 5.41) is 2.76. The predicted octanol–water partition coefficient (Wildman–Crippen LogP) is 0.0975. The molecule has 0 aliphatic carbocycles. The molecule has 0 aliphatic rings. The molecule has 0 aliphatic heterocycles. The summed E-state index contributed by atoms with van der Waals surface area (Å²) < 4.78 is 0. The summed E-state index contributed by atoms with van der Waals surface area (Å²) in [5.41, 5.74) is 0. The van der Waals surface area contributed by atoms with Crippen molar-refractivity contribution in [2.75, 3.05) is 7.05 Å². The molecule has 1 atom stereocenters. The average Bonchev–Trinajstić information content (AvgIpc) is 1.91. The van der Waals surface area contributed by atoms with Crippen LogP contribution in [0.4, 0.5) is 0 Å². The zero-order valence-electron chi connectivity index (χ0n) is 5.69. The zero-order chi connectivity index (χ0) is 7.11. The smallest absolute Gasteiger partial charge is 0.217 e. The van der Waals surface area contributed by atoms with E-state index in [9.17, 15) is 4.79 Å². The Morgan fingerprint density at radius 2 is 2.33 bits per heavy atom. The Labute approximate surface area is 55.6 Å². The number of nitrogens with one attached hydrogen (secondary N) is 1. The lowest BCUT2D eigenvalue weighted by molar-refractivity contribution is 0.529. The highest BCUT2D eigenvalue weighted by molar-refractivity contribution is 5.59. The Balaban J connectivity index is 3.51. The Morgan fingerprint density at radius 1 is 1.67 bits per heavy atom. The van der Waals surface area contributed by atoms with Gasteiger partial charge in [0.1, 0.15) is 0 Å². The van der Waals surface area contributed by atoms with Crippen molar-refractivity contribution in [1.29, 1.82) is 0 Å². The molecule has 0 bridgehead atoms. The van der Waals surface area contributed by atoms with Gasteiger partial charge in [0.15, 0.2) is 0 Å². The van der Waals surface area contributed by atoms with E-state index in [0.717, 1.165) is 0 Å². The molecule has 0 aromatic carbocycles. The Morgan fingerprint density at radius 3 is 2.67 bits per heavy atom. The minimum atomic E-state index is -0.225. The van der Waals surface area contributed by atoms with E-state index in [4.69, 9.17) is 0 Å². The number of rotatable bonds is 3. The molecule has 1 unspecified atom stereocenters. The summed E-state index contributed by atoms with van der Waals surface area (Å²) >= 11 is 0. The van der Waals surface area contributed by atoms with Gasteiger partial charge in [0.05, 0.1) is 6.04 Å². The fourth-order valence-corrected chi connectivity index (χ4v) is 0.407. The largest absolute Gasteiger partial charge is 0.309 e. The molecule has 2 heteroatoms. The first-order chi connectivity index (χ1) is 4.35. The van der Waals surface area contributed by atoms with Crippen molar-refractivity contribution < 1.29 is 4.79 Å². The molecular weight excluding hydrogens is 114 g/mol. The van der Waals surface area contributed by atoms with Crippen LogP contribution in [-0.2, 0) is 4.79 Å². The SMILES string of the molecule is CC#CCC([C]=O)NC. The zero-order valence-corrected chi connectivity index (χ0v) is 5.69. The monoisotopic (exact) mass is 124 g/mol. The van der Waals surface area contributed by atoms with Crippen LogP contribution in [0.1, 0.15) is 13.3 Å². The van der Waals surface area contributed by atoms with E-state index < -0.39 is 0 Å². The average molecular weight is 124 g/mol. The van der Waals surface area contributed by atoms with E-state index >= 15 is 0 Å². The lowest BCUT2D eigenvalue weighted by Crippen LogP contribution is -2.25. The van der Waals surface area contributed by atoms with Crippen LogP contribution in [0.3, 0.4) is 0 Å². The fraction of sp³-hybridized carbons (Fsp3) is 0.571. The van der Waals surface area contributed by atoms with Gasteiger partial charge in [0.2, 0.25) is 6.29 Å². The molecule has 0 saturated carbocycles. The molecule has 1 N–H and O–H groups in total. The second-order valence-corrected chi connectivity index (χ2v) is 1.59. The van der Waals surface area contributed by atoms with Crippen molar-refractivity contribution in [2.45, 2.75) is 19.4 Å². The molecule has 0 aromatic rings. The highest BCUT2D eigenvalue weighted by Gasteiger charge is 1.99. The first-order valence-electron chi connectivity index (χ1n) is 2.79. The van der Waals surface area contributed by atoms with Gasteiger partial charge >= 0.3 is 0 Å². The van der Waals surface area contributed by atoms with Crippen LogP contribution >= 0.6 is 0 Å². The van der Waals surface area contributed by atoms with E-state index in [1.165, 1.54) is 0 Å². The van der Waals surface area contributed by atoms with Gasteiger partial charge < -0.3 is 5.32 Å². The molecule has 0 aromatic heterocycles. The van der Waals surface area contributed by atoms with Crippen LogP contribution in [0.25, 0.3) is 0 Å². The van der Waals surface area contributed by atoms with E-state index in [0.29, 0.717) is 6.42 Å². The summed E-state index contributed by atoms with van der Waals surface area (Å²) in [6.45, 7) is 1.75. The predicted molar refractivity (Wildman–Crippen MR) is 36.6 cm³/mol. The number of likely N-dealkylation sites (N-methyl/N-ethyl adjacent to an activating group) is 1. The summed E-state index contributed by atoms with van der Waals surface area (Å²) in [6.07, 6.45) is 2.38. The van der Waals surface area contributed by atoms with Crippen molar-refractivity contribution in [3.8, 4) is 11.8 Å². The second-order valence-electron chi connectivity index (χ2n) is 1.59. The molecule has 0 fully saturated rings. The van der Waals surface area contributed by atoms with Crippen LogP contribution in [0.15, 0.2) is 0 Å². The third-order valence-electron chi connectivity index (χ3n) is 0.974. The van der Waals surface area contributed by atoms with Crippen molar-refractivity contribution in [2.24, 2.45) is 0 Å². The van der Waals surface area contributed by atoms with Gasteiger partial charge in [-0.15, -0.1) is 11.8 Å². The molecule has 0 amide bonds. The maximum absolute atomic E-state index is 9.99. The van der Waals surface area contributed by atoms with Crippen LogP contribution in [0.2, 0.25) is 0 Å². The maximum Gasteiger partial charge on any atom is 0.217 e. The summed E-state index contributed by atoms with van der Waals surface area (Å²) in [4.78, 5) is 9.99. The highest BCUT2D eigenvalue weighted by Crippen LogP contribution is 1.82. The minimum Gasteiger partial charge on any atom is -0.309 e. The van der Waals surface area contributed by atoms with Gasteiger partial charge in [-0.05, 0) is 14.0 Å². The van der Waals surface area contributed by atoms with Crippen molar-refractivity contribution >= 4 is 6.29 Å². The Hall–Kier alpha value is -0.810. The number of hydrogen-bond acceptors (Lipinski definition) is 2. The molecular formula is C7H10NO. The second kappa shape index (κ2) is 5.33. The lowest BCUT2D eigenvalue weighted by Gasteiger charge is -1.99. The third kappa shape index (κ3) is 3.75. The van der Waals surface area contributed by atoms with Gasteiger partial charge in [-0.2, -0.15) is 0 Å². The van der Waals surface area contributed by atoms with Crippen molar-refractivity contribution in [1.82, 2.24) is 5.32 Å². The van der Waals surface area contributed by atoms with E-state index in [-0.39, 0.29) is 6.04 Å². The standard InChI is InChI=1S/C7H10NO/c1-3-4-5-7(6-9)8-2/h7-8H,5H2,1-2H3. The fourth-order valence-electron chi connectivity index (χ4n) is 0.407. The molecule has 0 spiro atoms. The third-order valence-corrected chi connectivity index (χ3v) is 0.974. The van der Waals surface area contributed by atoms with Crippen LogP contribution in [-0.4, -0.2) is 19.4 Å². The quantitative estimate of drug-likeness (QED) is 0.540. The summed E-state index contributed by atoms with van der Waals surface area (Å²) in [6, 6.07) is -0.225. The normalized spacial score (nSPS) is 11.3. The van der Waals surface area contributed by atoms with Crippen molar-refractivity contribution in [3.63, 3.8) is 0 Å².